The predicted octanol–water partition coefficient (Wildman–Crippen LogP) is 3.64. The Balaban J connectivity index is 1.58. The van der Waals surface area contributed by atoms with Crippen molar-refractivity contribution in [1.82, 2.24) is 15.2 Å². The Kier molecular flexibility index (Phi) is 5.65. The summed E-state index contributed by atoms with van der Waals surface area (Å²) in [7, 11) is 4.19. The fraction of sp³-hybridized carbons (Fsp3) is 0.842. The lowest BCUT2D eigenvalue weighted by molar-refractivity contribution is -0.0292. The van der Waals surface area contributed by atoms with Crippen LogP contribution in [0.25, 0.3) is 0 Å². The summed E-state index contributed by atoms with van der Waals surface area (Å²) >= 11 is 1.86. The second kappa shape index (κ2) is 7.40. The highest BCUT2D eigenvalue weighted by molar-refractivity contribution is 7.09. The van der Waals surface area contributed by atoms with Crippen LogP contribution in [0.4, 0.5) is 0 Å². The Morgan fingerprint density at radius 2 is 2.12 bits per heavy atom. The number of hydrogen-bond acceptors (Lipinski definition) is 5. The quantitative estimate of drug-likeness (QED) is 0.849. The van der Waals surface area contributed by atoms with Gasteiger partial charge in [-0.15, -0.1) is 11.3 Å². The SMILES string of the molecule is CNCCN(C)Cc1ncsc1C1CCC2(CC1)CC(C)(C)CO2. The Labute approximate surface area is 151 Å². The highest BCUT2D eigenvalue weighted by atomic mass is 32.1. The summed E-state index contributed by atoms with van der Waals surface area (Å²) < 4.78 is 6.27. The summed E-state index contributed by atoms with van der Waals surface area (Å²) in [6, 6.07) is 0. The van der Waals surface area contributed by atoms with E-state index < -0.39 is 0 Å². The van der Waals surface area contributed by atoms with E-state index in [1.165, 1.54) is 42.7 Å². The maximum atomic E-state index is 6.27. The van der Waals surface area contributed by atoms with Gasteiger partial charge in [0.15, 0.2) is 0 Å². The van der Waals surface area contributed by atoms with Crippen molar-refractivity contribution in [2.45, 2.75) is 64.0 Å². The van der Waals surface area contributed by atoms with Gasteiger partial charge in [0.05, 0.1) is 23.4 Å². The Bertz CT molecular complexity index is 534. The van der Waals surface area contributed by atoms with Gasteiger partial charge in [0.2, 0.25) is 0 Å². The monoisotopic (exact) mass is 351 g/mol. The Morgan fingerprint density at radius 1 is 1.38 bits per heavy atom. The lowest BCUT2D eigenvalue weighted by Crippen LogP contribution is -2.33. The molecule has 5 heteroatoms. The third-order valence-electron chi connectivity index (χ3n) is 5.67. The van der Waals surface area contributed by atoms with Crippen LogP contribution in [0.2, 0.25) is 0 Å². The summed E-state index contributed by atoms with van der Waals surface area (Å²) in [5.74, 6) is 0.683. The first kappa shape index (κ1) is 18.3. The molecular weight excluding hydrogens is 318 g/mol. The number of ether oxygens (including phenoxy) is 1. The number of thiazole rings is 1. The van der Waals surface area contributed by atoms with Gasteiger partial charge >= 0.3 is 0 Å². The molecule has 1 saturated heterocycles. The molecule has 0 atom stereocenters. The molecule has 1 aromatic heterocycles. The van der Waals surface area contributed by atoms with Gasteiger partial charge in [-0.25, -0.2) is 4.98 Å². The van der Waals surface area contributed by atoms with Gasteiger partial charge in [-0.05, 0) is 57.5 Å². The Hall–Kier alpha value is -0.490. The van der Waals surface area contributed by atoms with Crippen LogP contribution in [0.3, 0.4) is 0 Å². The molecule has 0 radical (unpaired) electrons. The van der Waals surface area contributed by atoms with E-state index in [0.717, 1.165) is 26.2 Å². The molecule has 1 saturated carbocycles. The minimum Gasteiger partial charge on any atom is -0.374 e. The van der Waals surface area contributed by atoms with Crippen molar-refractivity contribution >= 4 is 11.3 Å². The zero-order valence-electron chi connectivity index (χ0n) is 15.7. The molecule has 1 aromatic rings. The van der Waals surface area contributed by atoms with Crippen molar-refractivity contribution in [3.05, 3.63) is 16.1 Å². The molecule has 2 heterocycles. The van der Waals surface area contributed by atoms with Crippen LogP contribution in [-0.4, -0.2) is 49.3 Å². The van der Waals surface area contributed by atoms with Gasteiger partial charge in [0, 0.05) is 24.5 Å². The largest absolute Gasteiger partial charge is 0.374 e. The van der Waals surface area contributed by atoms with Crippen molar-refractivity contribution in [3.63, 3.8) is 0 Å². The third kappa shape index (κ3) is 4.18. The highest BCUT2D eigenvalue weighted by Gasteiger charge is 2.46. The molecule has 136 valence electrons. The molecule has 1 N–H and O–H groups in total. The number of nitrogens with zero attached hydrogens (tertiary/aromatic N) is 2. The first-order valence-electron chi connectivity index (χ1n) is 9.32. The van der Waals surface area contributed by atoms with Crippen LogP contribution in [0.15, 0.2) is 5.51 Å². The Morgan fingerprint density at radius 3 is 2.75 bits per heavy atom. The molecule has 1 aliphatic heterocycles. The first-order valence-corrected chi connectivity index (χ1v) is 10.2. The van der Waals surface area contributed by atoms with Gasteiger partial charge in [-0.3, -0.25) is 4.90 Å². The van der Waals surface area contributed by atoms with E-state index in [4.69, 9.17) is 4.74 Å². The van der Waals surface area contributed by atoms with Crippen LogP contribution in [-0.2, 0) is 11.3 Å². The second-order valence-corrected chi connectivity index (χ2v) is 9.48. The fourth-order valence-corrected chi connectivity index (χ4v) is 5.39. The molecule has 4 nitrogen and oxygen atoms in total. The highest BCUT2D eigenvalue weighted by Crippen LogP contribution is 2.50. The average Bonchev–Trinajstić information content (AvgIpc) is 3.11. The van der Waals surface area contributed by atoms with E-state index in [2.05, 4.69) is 36.1 Å². The lowest BCUT2D eigenvalue weighted by Gasteiger charge is -2.37. The summed E-state index contributed by atoms with van der Waals surface area (Å²) in [6.07, 6.45) is 6.17. The molecule has 0 unspecified atom stereocenters. The molecule has 1 spiro atoms. The molecule has 0 aromatic carbocycles. The molecule has 0 amide bonds. The number of nitrogens with one attached hydrogen (secondary N) is 1. The van der Waals surface area contributed by atoms with Gasteiger partial charge in [-0.1, -0.05) is 13.8 Å². The standard InChI is InChI=1S/C19H33N3OS/c1-18(2)12-19(23-13-18)7-5-15(6-8-19)17-16(21-14-24-17)11-22(4)10-9-20-3/h14-15,20H,5-13H2,1-4H3. The number of likely N-dealkylation sites (N-methyl/N-ethyl adjacent to an activating group) is 2. The minimum absolute atomic E-state index is 0.175. The van der Waals surface area contributed by atoms with Crippen LogP contribution in [0.1, 0.15) is 62.4 Å². The van der Waals surface area contributed by atoms with Crippen LogP contribution >= 0.6 is 11.3 Å². The molecular formula is C19H33N3OS. The van der Waals surface area contributed by atoms with Crippen molar-refractivity contribution in [1.29, 1.82) is 0 Å². The molecule has 2 aliphatic rings. The maximum absolute atomic E-state index is 6.27. The van der Waals surface area contributed by atoms with Crippen molar-refractivity contribution in [3.8, 4) is 0 Å². The van der Waals surface area contributed by atoms with Crippen LogP contribution in [0, 0.1) is 5.41 Å². The van der Waals surface area contributed by atoms with Crippen LogP contribution < -0.4 is 5.32 Å². The van der Waals surface area contributed by atoms with E-state index in [0.29, 0.717) is 11.3 Å². The van der Waals surface area contributed by atoms with Gasteiger partial charge < -0.3 is 10.1 Å². The minimum atomic E-state index is 0.175. The van der Waals surface area contributed by atoms with Gasteiger partial charge in [0.25, 0.3) is 0 Å². The van der Waals surface area contributed by atoms with Gasteiger partial charge in [0.1, 0.15) is 0 Å². The maximum Gasteiger partial charge on any atom is 0.0798 e. The molecule has 0 bridgehead atoms. The lowest BCUT2D eigenvalue weighted by atomic mass is 9.73. The summed E-state index contributed by atoms with van der Waals surface area (Å²) in [6.45, 7) is 8.66. The van der Waals surface area contributed by atoms with E-state index in [1.54, 1.807) is 0 Å². The summed E-state index contributed by atoms with van der Waals surface area (Å²) in [5, 5.41) is 3.22. The number of hydrogen-bond donors (Lipinski definition) is 1. The topological polar surface area (TPSA) is 37.4 Å². The summed E-state index contributed by atoms with van der Waals surface area (Å²) in [5.41, 5.74) is 3.87. The zero-order valence-corrected chi connectivity index (χ0v) is 16.5. The number of aromatic nitrogens is 1. The predicted molar refractivity (Wildman–Crippen MR) is 101 cm³/mol. The molecule has 24 heavy (non-hydrogen) atoms. The smallest absolute Gasteiger partial charge is 0.0798 e. The molecule has 2 fully saturated rings. The van der Waals surface area contributed by atoms with Gasteiger partial charge in [-0.2, -0.15) is 0 Å². The first-order chi connectivity index (χ1) is 11.4. The third-order valence-corrected chi connectivity index (χ3v) is 6.71. The molecule has 1 aliphatic carbocycles. The normalized spacial score (nSPS) is 29.6. The van der Waals surface area contributed by atoms with E-state index in [1.807, 2.05) is 23.9 Å². The second-order valence-electron chi connectivity index (χ2n) is 8.59. The van der Waals surface area contributed by atoms with E-state index >= 15 is 0 Å². The van der Waals surface area contributed by atoms with Crippen LogP contribution in [0.5, 0.6) is 0 Å². The fourth-order valence-electron chi connectivity index (χ4n) is 4.42. The van der Waals surface area contributed by atoms with E-state index in [9.17, 15) is 0 Å². The zero-order chi connectivity index (χ0) is 17.2. The van der Waals surface area contributed by atoms with Crippen molar-refractivity contribution in [2.24, 2.45) is 5.41 Å². The van der Waals surface area contributed by atoms with Crippen molar-refractivity contribution in [2.75, 3.05) is 33.8 Å². The summed E-state index contributed by atoms with van der Waals surface area (Å²) in [4.78, 5) is 8.57. The van der Waals surface area contributed by atoms with Crippen molar-refractivity contribution < 1.29 is 4.74 Å². The number of rotatable bonds is 6. The van der Waals surface area contributed by atoms with E-state index in [-0.39, 0.29) is 5.60 Å². The molecule has 3 rings (SSSR count). The average molecular weight is 352 g/mol.